The Labute approximate surface area is 126 Å². The molecule has 0 aromatic carbocycles. The Hall–Kier alpha value is -1.97. The minimum absolute atomic E-state index is 0.0752. The molecule has 1 N–H and O–H groups in total. The summed E-state index contributed by atoms with van der Waals surface area (Å²) in [5, 5.41) is 2.96. The Kier molecular flexibility index (Phi) is 4.56. The van der Waals surface area contributed by atoms with Crippen molar-refractivity contribution in [1.82, 2.24) is 9.72 Å². The molecule has 0 aliphatic carbocycles. The van der Waals surface area contributed by atoms with Crippen LogP contribution in [0.25, 0.3) is 5.52 Å². The van der Waals surface area contributed by atoms with Crippen molar-refractivity contribution in [2.24, 2.45) is 0 Å². The Morgan fingerprint density at radius 2 is 2.05 bits per heavy atom. The van der Waals surface area contributed by atoms with Gasteiger partial charge in [0.25, 0.3) is 0 Å². The second-order valence-corrected chi connectivity index (χ2v) is 6.29. The number of rotatable bonds is 4. The Balaban J connectivity index is 2.04. The van der Waals surface area contributed by atoms with Gasteiger partial charge in [-0.05, 0) is 57.4 Å². The van der Waals surface area contributed by atoms with Crippen LogP contribution in [0, 0.1) is 0 Å². The van der Waals surface area contributed by atoms with Crippen LogP contribution in [0.15, 0.2) is 36.7 Å². The summed E-state index contributed by atoms with van der Waals surface area (Å²) in [6, 6.07) is 8.31. The number of alkyl carbamates (subject to hydrolysis) is 1. The number of hydrogen-bond acceptors (Lipinski definition) is 2. The van der Waals surface area contributed by atoms with Gasteiger partial charge >= 0.3 is 6.09 Å². The maximum absolute atomic E-state index is 11.9. The van der Waals surface area contributed by atoms with E-state index in [0.29, 0.717) is 0 Å². The number of ether oxygens (including phenoxy) is 1. The van der Waals surface area contributed by atoms with Gasteiger partial charge in [-0.2, -0.15) is 0 Å². The normalized spacial score (nSPS) is 13.1. The number of fused-ring (bicyclic) bond motifs is 1. The summed E-state index contributed by atoms with van der Waals surface area (Å²) in [5.74, 6) is 0. The fourth-order valence-corrected chi connectivity index (χ4v) is 2.32. The quantitative estimate of drug-likeness (QED) is 0.930. The predicted molar refractivity (Wildman–Crippen MR) is 84.5 cm³/mol. The summed E-state index contributed by atoms with van der Waals surface area (Å²) in [5.41, 5.74) is 1.95. The number of carbonyl (C=O) groups excluding carboxylic acids is 1. The van der Waals surface area contributed by atoms with Crippen LogP contribution in [0.2, 0.25) is 0 Å². The first-order valence-corrected chi connectivity index (χ1v) is 7.43. The molecule has 0 aliphatic rings. The molecule has 21 heavy (non-hydrogen) atoms. The maximum atomic E-state index is 11.9. The van der Waals surface area contributed by atoms with E-state index >= 15 is 0 Å². The molecule has 4 heteroatoms. The van der Waals surface area contributed by atoms with E-state index < -0.39 is 5.60 Å². The number of nitrogens with one attached hydrogen (secondary N) is 1. The van der Waals surface area contributed by atoms with Crippen molar-refractivity contribution in [1.29, 1.82) is 0 Å². The summed E-state index contributed by atoms with van der Waals surface area (Å²) in [4.78, 5) is 11.9. The highest BCUT2D eigenvalue weighted by Gasteiger charge is 2.19. The minimum Gasteiger partial charge on any atom is -0.444 e. The summed E-state index contributed by atoms with van der Waals surface area (Å²) in [6.45, 7) is 7.68. The molecule has 0 saturated heterocycles. The molecule has 1 unspecified atom stereocenters. The molecule has 0 fully saturated rings. The third-order valence-corrected chi connectivity index (χ3v) is 3.34. The van der Waals surface area contributed by atoms with Crippen LogP contribution < -0.4 is 5.32 Å². The molecule has 2 aromatic heterocycles. The number of amides is 1. The van der Waals surface area contributed by atoms with Gasteiger partial charge in [-0.1, -0.05) is 13.0 Å². The van der Waals surface area contributed by atoms with Gasteiger partial charge in [-0.25, -0.2) is 4.79 Å². The van der Waals surface area contributed by atoms with Crippen LogP contribution in [-0.4, -0.2) is 22.1 Å². The van der Waals surface area contributed by atoms with E-state index in [9.17, 15) is 4.79 Å². The standard InChI is InChI=1S/C17H24N2O2/c1-5-14(18-16(20)21-17(2,3)4)12-13-9-11-19-10-7-6-8-15(13)19/h6-11,14H,5,12H2,1-4H3,(H,18,20). The zero-order valence-electron chi connectivity index (χ0n) is 13.2. The summed E-state index contributed by atoms with van der Waals surface area (Å²) in [6.07, 6.45) is 5.39. The molecular formula is C17H24N2O2. The first-order valence-electron chi connectivity index (χ1n) is 7.43. The molecule has 1 atom stereocenters. The second-order valence-electron chi connectivity index (χ2n) is 6.29. The fourth-order valence-electron chi connectivity index (χ4n) is 2.32. The van der Waals surface area contributed by atoms with Crippen LogP contribution in [-0.2, 0) is 11.2 Å². The lowest BCUT2D eigenvalue weighted by molar-refractivity contribution is 0.0503. The van der Waals surface area contributed by atoms with Gasteiger partial charge in [0.05, 0.1) is 0 Å². The third kappa shape index (κ3) is 4.25. The van der Waals surface area contributed by atoms with E-state index in [-0.39, 0.29) is 12.1 Å². The van der Waals surface area contributed by atoms with E-state index in [4.69, 9.17) is 4.74 Å². The first kappa shape index (κ1) is 15.4. The van der Waals surface area contributed by atoms with Crippen molar-refractivity contribution in [2.75, 3.05) is 0 Å². The van der Waals surface area contributed by atoms with Crippen LogP contribution >= 0.6 is 0 Å². The molecular weight excluding hydrogens is 264 g/mol. The van der Waals surface area contributed by atoms with Crippen molar-refractivity contribution in [3.63, 3.8) is 0 Å². The lowest BCUT2D eigenvalue weighted by Crippen LogP contribution is -2.39. The van der Waals surface area contributed by atoms with Crippen molar-refractivity contribution in [3.05, 3.63) is 42.2 Å². The van der Waals surface area contributed by atoms with E-state index in [1.165, 1.54) is 11.1 Å². The van der Waals surface area contributed by atoms with Crippen molar-refractivity contribution in [2.45, 2.75) is 52.2 Å². The number of pyridine rings is 1. The van der Waals surface area contributed by atoms with Gasteiger partial charge in [0.15, 0.2) is 0 Å². The van der Waals surface area contributed by atoms with Crippen LogP contribution in [0.1, 0.15) is 39.7 Å². The van der Waals surface area contributed by atoms with E-state index in [2.05, 4.69) is 28.8 Å². The summed E-state index contributed by atoms with van der Waals surface area (Å²) in [7, 11) is 0. The average Bonchev–Trinajstić information content (AvgIpc) is 2.79. The zero-order valence-corrected chi connectivity index (χ0v) is 13.2. The molecule has 4 nitrogen and oxygen atoms in total. The Morgan fingerprint density at radius 1 is 1.29 bits per heavy atom. The largest absolute Gasteiger partial charge is 0.444 e. The van der Waals surface area contributed by atoms with Gasteiger partial charge < -0.3 is 14.5 Å². The molecule has 0 bridgehead atoms. The molecule has 1 amide bonds. The number of aromatic nitrogens is 1. The summed E-state index contributed by atoms with van der Waals surface area (Å²) >= 11 is 0. The van der Waals surface area contributed by atoms with Gasteiger partial charge in [0, 0.05) is 24.0 Å². The minimum atomic E-state index is -0.467. The molecule has 0 spiro atoms. The highest BCUT2D eigenvalue weighted by atomic mass is 16.6. The van der Waals surface area contributed by atoms with Crippen molar-refractivity contribution < 1.29 is 9.53 Å². The lowest BCUT2D eigenvalue weighted by atomic mass is 10.1. The van der Waals surface area contributed by atoms with E-state index in [1.807, 2.05) is 45.3 Å². The second kappa shape index (κ2) is 6.20. The van der Waals surface area contributed by atoms with Crippen molar-refractivity contribution >= 4 is 11.6 Å². The monoisotopic (exact) mass is 288 g/mol. The van der Waals surface area contributed by atoms with Crippen LogP contribution in [0.4, 0.5) is 4.79 Å². The molecule has 0 saturated carbocycles. The predicted octanol–water partition coefficient (Wildman–Crippen LogP) is 3.79. The van der Waals surface area contributed by atoms with E-state index in [1.54, 1.807) is 0 Å². The molecule has 2 rings (SSSR count). The first-order chi connectivity index (χ1) is 9.89. The number of carbonyl (C=O) groups is 1. The zero-order chi connectivity index (χ0) is 15.5. The maximum Gasteiger partial charge on any atom is 0.407 e. The SMILES string of the molecule is CCC(Cc1ccn2ccccc12)NC(=O)OC(C)(C)C. The average molecular weight is 288 g/mol. The lowest BCUT2D eigenvalue weighted by Gasteiger charge is -2.23. The third-order valence-electron chi connectivity index (χ3n) is 3.34. The van der Waals surface area contributed by atoms with Gasteiger partial charge in [0.1, 0.15) is 5.60 Å². The van der Waals surface area contributed by atoms with E-state index in [0.717, 1.165) is 12.8 Å². The highest BCUT2D eigenvalue weighted by molar-refractivity contribution is 5.68. The molecule has 2 heterocycles. The number of nitrogens with zero attached hydrogens (tertiary/aromatic N) is 1. The van der Waals surface area contributed by atoms with Gasteiger partial charge in [-0.15, -0.1) is 0 Å². The van der Waals surface area contributed by atoms with Gasteiger partial charge in [0.2, 0.25) is 0 Å². The van der Waals surface area contributed by atoms with Gasteiger partial charge in [-0.3, -0.25) is 0 Å². The summed E-state index contributed by atoms with van der Waals surface area (Å²) < 4.78 is 7.41. The molecule has 2 aromatic rings. The Bertz CT molecular complexity index is 611. The highest BCUT2D eigenvalue weighted by Crippen LogP contribution is 2.16. The van der Waals surface area contributed by atoms with Crippen molar-refractivity contribution in [3.8, 4) is 0 Å². The molecule has 0 aliphatic heterocycles. The molecule has 114 valence electrons. The number of hydrogen-bond donors (Lipinski definition) is 1. The Morgan fingerprint density at radius 3 is 2.71 bits per heavy atom. The van der Waals surface area contributed by atoms with Crippen LogP contribution in [0.5, 0.6) is 0 Å². The smallest absolute Gasteiger partial charge is 0.407 e. The van der Waals surface area contributed by atoms with Crippen LogP contribution in [0.3, 0.4) is 0 Å². The fraction of sp³-hybridized carbons (Fsp3) is 0.471. The molecule has 0 radical (unpaired) electrons. The topological polar surface area (TPSA) is 42.7 Å².